The third-order valence-electron chi connectivity index (χ3n) is 3.17. The van der Waals surface area contributed by atoms with Crippen molar-refractivity contribution in [2.24, 2.45) is 0 Å². The minimum atomic E-state index is 0.0327. The summed E-state index contributed by atoms with van der Waals surface area (Å²) < 4.78 is 10.6. The van der Waals surface area contributed by atoms with E-state index in [1.165, 1.54) is 0 Å². The van der Waals surface area contributed by atoms with Crippen molar-refractivity contribution in [3.8, 4) is 11.5 Å². The van der Waals surface area contributed by atoms with Gasteiger partial charge >= 0.3 is 0 Å². The molecule has 2 aromatic rings. The van der Waals surface area contributed by atoms with Crippen molar-refractivity contribution >= 4 is 29.0 Å². The van der Waals surface area contributed by atoms with E-state index >= 15 is 0 Å². The first-order valence-corrected chi connectivity index (χ1v) is 6.90. The van der Waals surface area contributed by atoms with Gasteiger partial charge in [-0.15, -0.1) is 0 Å². The summed E-state index contributed by atoms with van der Waals surface area (Å²) in [4.78, 5) is 7.85. The number of anilines is 1. The summed E-state index contributed by atoms with van der Waals surface area (Å²) in [6.45, 7) is 1.97. The van der Waals surface area contributed by atoms with Crippen LogP contribution in [0.4, 0.5) is 5.82 Å². The van der Waals surface area contributed by atoms with Gasteiger partial charge in [-0.25, -0.2) is 9.97 Å². The monoisotopic (exact) mass is 327 g/mol. The summed E-state index contributed by atoms with van der Waals surface area (Å²) in [5.74, 6) is 1.59. The molecule has 0 saturated heterocycles. The molecule has 0 aliphatic carbocycles. The maximum absolute atomic E-state index is 6.10. The first kappa shape index (κ1) is 15.7. The fourth-order valence-corrected chi connectivity index (χ4v) is 2.48. The van der Waals surface area contributed by atoms with Crippen LogP contribution in [0.15, 0.2) is 12.1 Å². The third-order valence-corrected chi connectivity index (χ3v) is 3.65. The van der Waals surface area contributed by atoms with Gasteiger partial charge in [0.25, 0.3) is 0 Å². The largest absolute Gasteiger partial charge is 0.493 e. The number of ether oxygens (including phenoxy) is 2. The summed E-state index contributed by atoms with van der Waals surface area (Å²) in [5.41, 5.74) is 8.53. The van der Waals surface area contributed by atoms with Gasteiger partial charge in [-0.05, 0) is 41.8 Å². The highest BCUT2D eigenvalue weighted by Gasteiger charge is 2.14. The molecule has 0 aliphatic heterocycles. The molecule has 0 unspecified atom stereocenters. The number of benzene rings is 1. The molecule has 7 heteroatoms. The Morgan fingerprint density at radius 2 is 1.71 bits per heavy atom. The van der Waals surface area contributed by atoms with E-state index in [0.717, 1.165) is 11.1 Å². The Balaban J connectivity index is 2.45. The number of methoxy groups -OCH3 is 2. The SMILES string of the molecule is COc1cc(C)c(Cc2c(N)nc(Cl)nc2Cl)cc1OC. The van der Waals surface area contributed by atoms with Gasteiger partial charge in [-0.2, -0.15) is 0 Å². The van der Waals surface area contributed by atoms with Crippen LogP contribution in [0.3, 0.4) is 0 Å². The van der Waals surface area contributed by atoms with Crippen molar-refractivity contribution in [2.75, 3.05) is 20.0 Å². The van der Waals surface area contributed by atoms with E-state index in [2.05, 4.69) is 9.97 Å². The Morgan fingerprint density at radius 3 is 2.29 bits per heavy atom. The first-order valence-electron chi connectivity index (χ1n) is 6.15. The summed E-state index contributed by atoms with van der Waals surface area (Å²) in [6, 6.07) is 3.79. The minimum absolute atomic E-state index is 0.0327. The summed E-state index contributed by atoms with van der Waals surface area (Å²) in [7, 11) is 3.18. The summed E-state index contributed by atoms with van der Waals surface area (Å²) in [5, 5.41) is 0.284. The zero-order valence-corrected chi connectivity index (χ0v) is 13.4. The predicted octanol–water partition coefficient (Wildman–Crippen LogP) is 3.28. The van der Waals surface area contributed by atoms with E-state index in [4.69, 9.17) is 38.4 Å². The maximum atomic E-state index is 6.10. The smallest absolute Gasteiger partial charge is 0.225 e. The number of hydrogen-bond acceptors (Lipinski definition) is 5. The van der Waals surface area contributed by atoms with Crippen LogP contribution < -0.4 is 15.2 Å². The molecule has 1 aromatic heterocycles. The van der Waals surface area contributed by atoms with Gasteiger partial charge in [0.05, 0.1) is 14.2 Å². The van der Waals surface area contributed by atoms with Gasteiger partial charge in [0.2, 0.25) is 5.28 Å². The molecule has 1 heterocycles. The normalized spacial score (nSPS) is 10.5. The molecular formula is C14H15Cl2N3O2. The molecule has 2 rings (SSSR count). The van der Waals surface area contributed by atoms with Crippen LogP contribution in [-0.4, -0.2) is 24.2 Å². The molecule has 0 aliphatic rings. The number of nitrogens with two attached hydrogens (primary N) is 1. The van der Waals surface area contributed by atoms with Crippen LogP contribution >= 0.6 is 23.2 Å². The van der Waals surface area contributed by atoms with E-state index in [9.17, 15) is 0 Å². The zero-order valence-electron chi connectivity index (χ0n) is 11.9. The topological polar surface area (TPSA) is 70.3 Å². The van der Waals surface area contributed by atoms with Crippen molar-refractivity contribution in [3.05, 3.63) is 39.3 Å². The van der Waals surface area contributed by atoms with Gasteiger partial charge in [0, 0.05) is 12.0 Å². The average molecular weight is 328 g/mol. The number of nitrogens with zero attached hydrogens (tertiary/aromatic N) is 2. The number of aromatic nitrogens is 2. The molecule has 0 atom stereocenters. The summed E-state index contributed by atoms with van der Waals surface area (Å²) >= 11 is 11.8. The highest BCUT2D eigenvalue weighted by atomic mass is 35.5. The molecule has 2 N–H and O–H groups in total. The molecule has 0 radical (unpaired) electrons. The second kappa shape index (κ2) is 6.37. The zero-order chi connectivity index (χ0) is 15.6. The predicted molar refractivity (Wildman–Crippen MR) is 83.6 cm³/mol. The van der Waals surface area contributed by atoms with E-state index in [0.29, 0.717) is 23.5 Å². The van der Waals surface area contributed by atoms with Crippen LogP contribution in [0, 0.1) is 6.92 Å². The van der Waals surface area contributed by atoms with Gasteiger partial charge < -0.3 is 15.2 Å². The molecule has 21 heavy (non-hydrogen) atoms. The Labute approximate surface area is 133 Å². The Morgan fingerprint density at radius 1 is 1.10 bits per heavy atom. The fraction of sp³-hybridized carbons (Fsp3) is 0.286. The second-order valence-electron chi connectivity index (χ2n) is 4.46. The van der Waals surface area contributed by atoms with E-state index in [-0.39, 0.29) is 16.3 Å². The highest BCUT2D eigenvalue weighted by molar-refractivity contribution is 6.32. The Kier molecular flexibility index (Phi) is 4.75. The van der Waals surface area contributed by atoms with Crippen molar-refractivity contribution in [1.29, 1.82) is 0 Å². The van der Waals surface area contributed by atoms with Crippen LogP contribution in [-0.2, 0) is 6.42 Å². The molecule has 0 amide bonds. The molecule has 0 bridgehead atoms. The Bertz CT molecular complexity index is 655. The standard InChI is InChI=1S/C14H15Cl2N3O2/c1-7-4-10(20-2)11(21-3)6-8(7)5-9-12(15)18-14(16)19-13(9)17/h4,6H,5H2,1-3H3,(H2,17,18,19). The van der Waals surface area contributed by atoms with Crippen LogP contribution in [0.25, 0.3) is 0 Å². The van der Waals surface area contributed by atoms with Crippen molar-refractivity contribution < 1.29 is 9.47 Å². The number of nitrogen functional groups attached to an aromatic ring is 1. The lowest BCUT2D eigenvalue weighted by Crippen LogP contribution is -2.04. The van der Waals surface area contributed by atoms with Crippen LogP contribution in [0.1, 0.15) is 16.7 Å². The first-order chi connectivity index (χ1) is 9.96. The maximum Gasteiger partial charge on any atom is 0.225 e. The van der Waals surface area contributed by atoms with Crippen molar-refractivity contribution in [2.45, 2.75) is 13.3 Å². The van der Waals surface area contributed by atoms with Crippen molar-refractivity contribution in [1.82, 2.24) is 9.97 Å². The van der Waals surface area contributed by atoms with Gasteiger partial charge in [0.15, 0.2) is 11.5 Å². The molecule has 0 fully saturated rings. The Hall–Kier alpha value is -1.72. The fourth-order valence-electron chi connectivity index (χ4n) is 2.01. The highest BCUT2D eigenvalue weighted by Crippen LogP contribution is 2.33. The van der Waals surface area contributed by atoms with E-state index in [1.807, 2.05) is 19.1 Å². The van der Waals surface area contributed by atoms with E-state index < -0.39 is 0 Å². The molecular weight excluding hydrogens is 313 g/mol. The summed E-state index contributed by atoms with van der Waals surface area (Å²) in [6.07, 6.45) is 0.480. The number of rotatable bonds is 4. The van der Waals surface area contributed by atoms with Gasteiger partial charge in [-0.3, -0.25) is 0 Å². The van der Waals surface area contributed by atoms with Gasteiger partial charge in [-0.1, -0.05) is 11.6 Å². The van der Waals surface area contributed by atoms with E-state index in [1.54, 1.807) is 14.2 Å². The second-order valence-corrected chi connectivity index (χ2v) is 5.15. The van der Waals surface area contributed by atoms with Crippen LogP contribution in [0.5, 0.6) is 11.5 Å². The van der Waals surface area contributed by atoms with Crippen LogP contribution in [0.2, 0.25) is 10.4 Å². The number of hydrogen-bond donors (Lipinski definition) is 1. The molecule has 0 spiro atoms. The lowest BCUT2D eigenvalue weighted by Gasteiger charge is -2.14. The quantitative estimate of drug-likeness (QED) is 0.689. The number of halogens is 2. The molecule has 5 nitrogen and oxygen atoms in total. The average Bonchev–Trinajstić information content (AvgIpc) is 2.43. The van der Waals surface area contributed by atoms with Gasteiger partial charge in [0.1, 0.15) is 11.0 Å². The lowest BCUT2D eigenvalue weighted by atomic mass is 10.0. The minimum Gasteiger partial charge on any atom is -0.493 e. The number of aryl methyl sites for hydroxylation is 1. The lowest BCUT2D eigenvalue weighted by molar-refractivity contribution is 0.354. The van der Waals surface area contributed by atoms with Crippen molar-refractivity contribution in [3.63, 3.8) is 0 Å². The molecule has 0 saturated carbocycles. The third kappa shape index (κ3) is 3.31. The molecule has 112 valence electrons. The molecule has 1 aromatic carbocycles.